The van der Waals surface area contributed by atoms with Crippen LogP contribution in [0.3, 0.4) is 0 Å². The molecule has 0 saturated carbocycles. The Morgan fingerprint density at radius 2 is 1.88 bits per heavy atom. The largest absolute Gasteiger partial charge is 0.223 e. The Morgan fingerprint density at radius 1 is 1.18 bits per heavy atom. The smallest absolute Gasteiger partial charge is 0.149 e. The van der Waals surface area contributed by atoms with Gasteiger partial charge < -0.3 is 0 Å². The molecule has 3 nitrogen and oxygen atoms in total. The van der Waals surface area contributed by atoms with Crippen LogP contribution in [0.5, 0.6) is 0 Å². The molecule has 5 heteroatoms. The van der Waals surface area contributed by atoms with Gasteiger partial charge in [0, 0.05) is 6.42 Å². The summed E-state index contributed by atoms with van der Waals surface area (Å²) in [7, 11) is 0. The highest BCUT2D eigenvalue weighted by Crippen LogP contribution is 2.18. The van der Waals surface area contributed by atoms with Gasteiger partial charge in [0.25, 0.3) is 0 Å². The summed E-state index contributed by atoms with van der Waals surface area (Å²) in [6, 6.07) is 6.40. The second-order valence-electron chi connectivity index (χ2n) is 3.62. The predicted octanol–water partition coefficient (Wildman–Crippen LogP) is 2.63. The third-order valence-electron chi connectivity index (χ3n) is 2.30. The van der Waals surface area contributed by atoms with Gasteiger partial charge in [-0.1, -0.05) is 12.1 Å². The number of rotatable bonds is 3. The average Bonchev–Trinajstić information content (AvgIpc) is 2.34. The minimum atomic E-state index is -0.230. The molecule has 0 bridgehead atoms. The van der Waals surface area contributed by atoms with Crippen molar-refractivity contribution in [3.8, 4) is 0 Å². The summed E-state index contributed by atoms with van der Waals surface area (Å²) in [4.78, 5) is 4.32. The molecule has 1 heterocycles. The van der Waals surface area contributed by atoms with Gasteiger partial charge in [0.2, 0.25) is 0 Å². The first-order valence-corrected chi connectivity index (χ1v) is 6.40. The van der Waals surface area contributed by atoms with E-state index in [1.165, 1.54) is 12.1 Å². The third kappa shape index (κ3) is 3.00. The normalized spacial score (nSPS) is 10.5. The number of aryl methyl sites for hydroxylation is 1. The predicted molar refractivity (Wildman–Crippen MR) is 65.6 cm³/mol. The van der Waals surface area contributed by atoms with Gasteiger partial charge >= 0.3 is 0 Å². The molecule has 0 spiro atoms. The molecule has 0 aliphatic rings. The van der Waals surface area contributed by atoms with E-state index in [-0.39, 0.29) is 5.82 Å². The van der Waals surface area contributed by atoms with Crippen LogP contribution in [0.4, 0.5) is 4.39 Å². The van der Waals surface area contributed by atoms with E-state index < -0.39 is 0 Å². The molecule has 0 saturated heterocycles. The van der Waals surface area contributed by atoms with Gasteiger partial charge in [-0.05, 0) is 30.9 Å². The topological polar surface area (TPSA) is 38.7 Å². The van der Waals surface area contributed by atoms with Crippen LogP contribution in [-0.4, -0.2) is 21.4 Å². The van der Waals surface area contributed by atoms with Crippen LogP contribution in [0.1, 0.15) is 17.1 Å². The molecule has 88 valence electrons. The van der Waals surface area contributed by atoms with Gasteiger partial charge in [0.05, 0.1) is 5.69 Å². The maximum Gasteiger partial charge on any atom is 0.149 e. The molecule has 17 heavy (non-hydrogen) atoms. The zero-order valence-electron chi connectivity index (χ0n) is 9.64. The zero-order valence-corrected chi connectivity index (χ0v) is 10.5. The van der Waals surface area contributed by atoms with Crippen molar-refractivity contribution in [1.29, 1.82) is 0 Å². The fourth-order valence-corrected chi connectivity index (χ4v) is 2.05. The summed E-state index contributed by atoms with van der Waals surface area (Å²) in [6.45, 7) is 1.81. The van der Waals surface area contributed by atoms with Crippen molar-refractivity contribution in [2.45, 2.75) is 18.4 Å². The van der Waals surface area contributed by atoms with Gasteiger partial charge in [0.1, 0.15) is 16.7 Å². The van der Waals surface area contributed by atoms with Crippen molar-refractivity contribution in [2.24, 2.45) is 0 Å². The fourth-order valence-electron chi connectivity index (χ4n) is 1.48. The van der Waals surface area contributed by atoms with Crippen molar-refractivity contribution in [2.75, 3.05) is 6.26 Å². The zero-order chi connectivity index (χ0) is 12.3. The molecular formula is C12H12FN3S. The molecule has 0 aliphatic carbocycles. The lowest BCUT2D eigenvalue weighted by atomic mass is 10.1. The molecule has 1 aromatic heterocycles. The summed E-state index contributed by atoms with van der Waals surface area (Å²) in [5.41, 5.74) is 1.83. The van der Waals surface area contributed by atoms with Gasteiger partial charge in [-0.2, -0.15) is 5.10 Å². The second-order valence-corrected chi connectivity index (χ2v) is 4.41. The first-order chi connectivity index (χ1) is 8.19. The number of aromatic nitrogens is 3. The standard InChI is InChI=1S/C12H12FN3S/c1-8-14-12(17-2)11(16-15-8)7-9-3-5-10(13)6-4-9/h3-6H,7H2,1-2H3. The monoisotopic (exact) mass is 249 g/mol. The van der Waals surface area contributed by atoms with Crippen LogP contribution in [0, 0.1) is 12.7 Å². The second kappa shape index (κ2) is 5.23. The fraction of sp³-hybridized carbons (Fsp3) is 0.250. The summed E-state index contributed by atoms with van der Waals surface area (Å²) >= 11 is 1.54. The van der Waals surface area contributed by atoms with Crippen LogP contribution in [0.25, 0.3) is 0 Å². The Morgan fingerprint density at radius 3 is 2.53 bits per heavy atom. The number of thioether (sulfide) groups is 1. The number of nitrogens with zero attached hydrogens (tertiary/aromatic N) is 3. The van der Waals surface area contributed by atoms with E-state index in [1.807, 2.05) is 13.2 Å². The van der Waals surface area contributed by atoms with E-state index in [1.54, 1.807) is 23.9 Å². The van der Waals surface area contributed by atoms with E-state index in [0.717, 1.165) is 16.3 Å². The van der Waals surface area contributed by atoms with Crippen LogP contribution >= 0.6 is 11.8 Å². The number of benzene rings is 1. The highest BCUT2D eigenvalue weighted by Gasteiger charge is 2.07. The molecule has 1 aromatic carbocycles. The number of halogens is 1. The molecule has 0 amide bonds. The number of hydrogen-bond donors (Lipinski definition) is 0. The molecule has 2 rings (SSSR count). The van der Waals surface area contributed by atoms with E-state index in [4.69, 9.17) is 0 Å². The molecule has 2 aromatic rings. The number of hydrogen-bond acceptors (Lipinski definition) is 4. The molecule has 0 radical (unpaired) electrons. The quantitative estimate of drug-likeness (QED) is 0.784. The molecule has 0 N–H and O–H groups in total. The van der Waals surface area contributed by atoms with E-state index in [9.17, 15) is 4.39 Å². The molecule has 0 aliphatic heterocycles. The third-order valence-corrected chi connectivity index (χ3v) is 3.02. The van der Waals surface area contributed by atoms with Crippen molar-refractivity contribution in [3.05, 3.63) is 47.2 Å². The molecular weight excluding hydrogens is 237 g/mol. The van der Waals surface area contributed by atoms with Gasteiger partial charge in [-0.15, -0.1) is 16.9 Å². The van der Waals surface area contributed by atoms with Crippen LogP contribution in [0.2, 0.25) is 0 Å². The molecule has 0 atom stereocenters. The lowest BCUT2D eigenvalue weighted by molar-refractivity contribution is 0.627. The lowest BCUT2D eigenvalue weighted by Gasteiger charge is -2.05. The minimum absolute atomic E-state index is 0.230. The molecule has 0 unspecified atom stereocenters. The van der Waals surface area contributed by atoms with Gasteiger partial charge in [-0.25, -0.2) is 9.37 Å². The lowest BCUT2D eigenvalue weighted by Crippen LogP contribution is -2.02. The van der Waals surface area contributed by atoms with E-state index in [0.29, 0.717) is 12.2 Å². The summed E-state index contributed by atoms with van der Waals surface area (Å²) in [5.74, 6) is 0.434. The van der Waals surface area contributed by atoms with Crippen molar-refractivity contribution < 1.29 is 4.39 Å². The first kappa shape index (κ1) is 12.0. The summed E-state index contributed by atoms with van der Waals surface area (Å²) in [5, 5.41) is 8.97. The van der Waals surface area contributed by atoms with Crippen LogP contribution < -0.4 is 0 Å². The van der Waals surface area contributed by atoms with Crippen LogP contribution in [-0.2, 0) is 6.42 Å². The average molecular weight is 249 g/mol. The maximum absolute atomic E-state index is 12.8. The van der Waals surface area contributed by atoms with Gasteiger partial charge in [0.15, 0.2) is 0 Å². The molecule has 0 fully saturated rings. The maximum atomic E-state index is 12.8. The SMILES string of the molecule is CSc1nc(C)nnc1Cc1ccc(F)cc1. The Labute approximate surface area is 103 Å². The van der Waals surface area contributed by atoms with Crippen molar-refractivity contribution in [1.82, 2.24) is 15.2 Å². The van der Waals surface area contributed by atoms with Gasteiger partial charge in [-0.3, -0.25) is 0 Å². The Hall–Kier alpha value is -1.49. The van der Waals surface area contributed by atoms with Crippen molar-refractivity contribution in [3.63, 3.8) is 0 Å². The minimum Gasteiger partial charge on any atom is -0.223 e. The highest BCUT2D eigenvalue weighted by atomic mass is 32.2. The van der Waals surface area contributed by atoms with E-state index >= 15 is 0 Å². The Kier molecular flexibility index (Phi) is 3.68. The summed E-state index contributed by atoms with van der Waals surface area (Å²) < 4.78 is 12.8. The van der Waals surface area contributed by atoms with Crippen molar-refractivity contribution >= 4 is 11.8 Å². The summed E-state index contributed by atoms with van der Waals surface area (Å²) in [6.07, 6.45) is 2.58. The van der Waals surface area contributed by atoms with E-state index in [2.05, 4.69) is 15.2 Å². The first-order valence-electron chi connectivity index (χ1n) is 5.17. The van der Waals surface area contributed by atoms with Crippen LogP contribution in [0.15, 0.2) is 29.3 Å². The highest BCUT2D eigenvalue weighted by molar-refractivity contribution is 7.98. The Balaban J connectivity index is 2.26. The Bertz CT molecular complexity index is 514.